The van der Waals surface area contributed by atoms with Crippen molar-refractivity contribution in [3.8, 4) is 0 Å². The Hall–Kier alpha value is -2.07. The molecule has 0 fully saturated rings. The number of anilines is 2. The van der Waals surface area contributed by atoms with Gasteiger partial charge in [0.2, 0.25) is 0 Å². The average molecular weight is 262 g/mol. The van der Waals surface area contributed by atoms with Gasteiger partial charge in [-0.1, -0.05) is 17.7 Å². The molecule has 0 aliphatic heterocycles. The summed E-state index contributed by atoms with van der Waals surface area (Å²) in [5, 5.41) is 5.99. The van der Waals surface area contributed by atoms with E-state index in [1.165, 1.54) is 0 Å². The molecule has 2 N–H and O–H groups in total. The summed E-state index contributed by atoms with van der Waals surface area (Å²) >= 11 is 5.83. The molecule has 4 nitrogen and oxygen atoms in total. The first-order chi connectivity index (χ1) is 8.65. The maximum absolute atomic E-state index is 11.8. The second kappa shape index (κ2) is 5.51. The molecule has 2 amide bonds. The molecule has 0 saturated carbocycles. The Labute approximate surface area is 110 Å². The molecule has 0 unspecified atom stereocenters. The van der Waals surface area contributed by atoms with Gasteiger partial charge in [0.05, 0.1) is 11.4 Å². The number of aromatic nitrogens is 1. The van der Waals surface area contributed by atoms with E-state index < -0.39 is 0 Å². The Bertz CT molecular complexity index is 572. The zero-order valence-electron chi connectivity index (χ0n) is 9.77. The quantitative estimate of drug-likeness (QED) is 0.866. The number of nitrogens with one attached hydrogen (secondary N) is 2. The lowest BCUT2D eigenvalue weighted by Gasteiger charge is -2.09. The Morgan fingerprint density at radius 3 is 2.78 bits per heavy atom. The predicted octanol–water partition coefficient (Wildman–Crippen LogP) is 3.69. The number of rotatable bonds is 2. The van der Waals surface area contributed by atoms with E-state index in [1.807, 2.05) is 6.92 Å². The van der Waals surface area contributed by atoms with Crippen molar-refractivity contribution in [2.45, 2.75) is 6.92 Å². The number of aryl methyl sites for hydroxylation is 1. The van der Waals surface area contributed by atoms with Crippen LogP contribution in [0.2, 0.25) is 5.02 Å². The molecule has 0 bridgehead atoms. The van der Waals surface area contributed by atoms with Gasteiger partial charge < -0.3 is 10.6 Å². The molecule has 0 saturated heterocycles. The highest BCUT2D eigenvalue weighted by Gasteiger charge is 2.05. The largest absolute Gasteiger partial charge is 0.323 e. The maximum atomic E-state index is 11.8. The smallest absolute Gasteiger partial charge is 0.308 e. The van der Waals surface area contributed by atoms with Crippen molar-refractivity contribution >= 4 is 29.0 Å². The standard InChI is InChI=1S/C13H12ClN3O/c1-9-12(6-3-7-15-9)17-13(18)16-11-5-2-4-10(14)8-11/h2-8H,1H3,(H2,16,17,18). The van der Waals surface area contributed by atoms with Crippen LogP contribution in [-0.4, -0.2) is 11.0 Å². The fraction of sp³-hybridized carbons (Fsp3) is 0.0769. The van der Waals surface area contributed by atoms with E-state index in [2.05, 4.69) is 15.6 Å². The molecular formula is C13H12ClN3O. The lowest BCUT2D eigenvalue weighted by molar-refractivity contribution is 0.262. The molecule has 1 heterocycles. The summed E-state index contributed by atoms with van der Waals surface area (Å²) in [6, 6.07) is 10.2. The second-order valence-electron chi connectivity index (χ2n) is 3.73. The normalized spacial score (nSPS) is 9.89. The van der Waals surface area contributed by atoms with Crippen LogP contribution in [0.1, 0.15) is 5.69 Å². The van der Waals surface area contributed by atoms with Gasteiger partial charge in [0.1, 0.15) is 0 Å². The number of amides is 2. The van der Waals surface area contributed by atoms with Crippen molar-refractivity contribution in [2.75, 3.05) is 10.6 Å². The van der Waals surface area contributed by atoms with Gasteiger partial charge in [0.15, 0.2) is 0 Å². The number of carbonyl (C=O) groups is 1. The van der Waals surface area contributed by atoms with Crippen LogP contribution in [-0.2, 0) is 0 Å². The number of carbonyl (C=O) groups excluding carboxylic acids is 1. The van der Waals surface area contributed by atoms with E-state index in [9.17, 15) is 4.79 Å². The van der Waals surface area contributed by atoms with Crippen LogP contribution in [0.4, 0.5) is 16.2 Å². The van der Waals surface area contributed by atoms with Gasteiger partial charge in [-0.2, -0.15) is 0 Å². The molecule has 2 rings (SSSR count). The number of nitrogens with zero attached hydrogens (tertiary/aromatic N) is 1. The summed E-state index contributed by atoms with van der Waals surface area (Å²) in [6.07, 6.45) is 1.68. The molecule has 1 aromatic carbocycles. The summed E-state index contributed by atoms with van der Waals surface area (Å²) in [7, 11) is 0. The lowest BCUT2D eigenvalue weighted by Crippen LogP contribution is -2.20. The van der Waals surface area contributed by atoms with Gasteiger partial charge in [-0.15, -0.1) is 0 Å². The average Bonchev–Trinajstić information content (AvgIpc) is 2.32. The van der Waals surface area contributed by atoms with Crippen LogP contribution in [0.5, 0.6) is 0 Å². The summed E-state index contributed by atoms with van der Waals surface area (Å²) in [6.45, 7) is 1.83. The second-order valence-corrected chi connectivity index (χ2v) is 4.16. The first kappa shape index (κ1) is 12.4. The van der Waals surface area contributed by atoms with Gasteiger partial charge >= 0.3 is 6.03 Å². The molecule has 0 spiro atoms. The van der Waals surface area contributed by atoms with Crippen molar-refractivity contribution in [3.63, 3.8) is 0 Å². The van der Waals surface area contributed by atoms with Crippen molar-refractivity contribution in [3.05, 3.63) is 53.3 Å². The van der Waals surface area contributed by atoms with Crippen molar-refractivity contribution in [1.82, 2.24) is 4.98 Å². The molecule has 18 heavy (non-hydrogen) atoms. The van der Waals surface area contributed by atoms with Crippen LogP contribution >= 0.6 is 11.6 Å². The van der Waals surface area contributed by atoms with Gasteiger partial charge in [0.25, 0.3) is 0 Å². The number of pyridine rings is 1. The van der Waals surface area contributed by atoms with E-state index in [4.69, 9.17) is 11.6 Å². The summed E-state index contributed by atoms with van der Waals surface area (Å²) < 4.78 is 0. The third-order valence-corrected chi connectivity index (χ3v) is 2.57. The SMILES string of the molecule is Cc1ncccc1NC(=O)Nc1cccc(Cl)c1. The molecule has 0 radical (unpaired) electrons. The van der Waals surface area contributed by atoms with Gasteiger partial charge in [-0.25, -0.2) is 4.79 Å². The van der Waals surface area contributed by atoms with E-state index in [1.54, 1.807) is 42.6 Å². The molecule has 0 aliphatic carbocycles. The first-order valence-corrected chi connectivity index (χ1v) is 5.78. The number of hydrogen-bond donors (Lipinski definition) is 2. The number of hydrogen-bond acceptors (Lipinski definition) is 2. The maximum Gasteiger partial charge on any atom is 0.323 e. The monoisotopic (exact) mass is 261 g/mol. The van der Waals surface area contributed by atoms with Crippen molar-refractivity contribution in [2.24, 2.45) is 0 Å². The number of halogens is 1. The van der Waals surface area contributed by atoms with Crippen LogP contribution < -0.4 is 10.6 Å². The molecule has 0 aliphatic rings. The molecule has 92 valence electrons. The Kier molecular flexibility index (Phi) is 3.79. The Morgan fingerprint density at radius 1 is 1.22 bits per heavy atom. The Balaban J connectivity index is 2.03. The third kappa shape index (κ3) is 3.21. The number of benzene rings is 1. The third-order valence-electron chi connectivity index (χ3n) is 2.34. The summed E-state index contributed by atoms with van der Waals surface area (Å²) in [4.78, 5) is 15.8. The van der Waals surface area contributed by atoms with E-state index >= 15 is 0 Å². The highest BCUT2D eigenvalue weighted by atomic mass is 35.5. The molecule has 2 aromatic rings. The minimum Gasteiger partial charge on any atom is -0.308 e. The topological polar surface area (TPSA) is 54.0 Å². The van der Waals surface area contributed by atoms with Crippen LogP contribution in [0.15, 0.2) is 42.6 Å². The van der Waals surface area contributed by atoms with Crippen LogP contribution in [0, 0.1) is 6.92 Å². The molecular weight excluding hydrogens is 250 g/mol. The predicted molar refractivity (Wildman–Crippen MR) is 73.1 cm³/mol. The lowest BCUT2D eigenvalue weighted by atomic mass is 10.3. The highest BCUT2D eigenvalue weighted by Crippen LogP contribution is 2.16. The van der Waals surface area contributed by atoms with Gasteiger partial charge in [-0.3, -0.25) is 4.98 Å². The summed E-state index contributed by atoms with van der Waals surface area (Å²) in [5.74, 6) is 0. The van der Waals surface area contributed by atoms with Crippen LogP contribution in [0.25, 0.3) is 0 Å². The zero-order chi connectivity index (χ0) is 13.0. The Morgan fingerprint density at radius 2 is 2.06 bits per heavy atom. The van der Waals surface area contributed by atoms with E-state index in [0.717, 1.165) is 5.69 Å². The summed E-state index contributed by atoms with van der Waals surface area (Å²) in [5.41, 5.74) is 2.08. The van der Waals surface area contributed by atoms with E-state index in [0.29, 0.717) is 16.4 Å². The van der Waals surface area contributed by atoms with Gasteiger partial charge in [-0.05, 0) is 37.3 Å². The molecule has 5 heteroatoms. The van der Waals surface area contributed by atoms with Gasteiger partial charge in [0, 0.05) is 16.9 Å². The first-order valence-electron chi connectivity index (χ1n) is 5.40. The fourth-order valence-corrected chi connectivity index (χ4v) is 1.66. The van der Waals surface area contributed by atoms with E-state index in [-0.39, 0.29) is 6.03 Å². The zero-order valence-corrected chi connectivity index (χ0v) is 10.5. The molecule has 0 atom stereocenters. The highest BCUT2D eigenvalue weighted by molar-refractivity contribution is 6.30. The minimum atomic E-state index is -0.326. The molecule has 1 aromatic heterocycles. The number of urea groups is 1. The fourth-order valence-electron chi connectivity index (χ4n) is 1.47. The van der Waals surface area contributed by atoms with Crippen molar-refractivity contribution < 1.29 is 4.79 Å². The van der Waals surface area contributed by atoms with Crippen molar-refractivity contribution in [1.29, 1.82) is 0 Å². The van der Waals surface area contributed by atoms with Crippen LogP contribution in [0.3, 0.4) is 0 Å². The minimum absolute atomic E-state index is 0.326.